The van der Waals surface area contributed by atoms with E-state index < -0.39 is 5.97 Å². The Balaban J connectivity index is 2.32. The summed E-state index contributed by atoms with van der Waals surface area (Å²) in [6.07, 6.45) is 2.75. The highest BCUT2D eigenvalue weighted by molar-refractivity contribution is 9.10. The standard InChI is InChI=1S/C16H17BrN2O3/c1-18-7-3-2-4-11-12-8-10(17)5-6-13(12)19(9-14(20)21)15(11)16(18)22/h5-6,8H,2-4,7,9H2,1H3,(H,20,21). The van der Waals surface area contributed by atoms with Crippen molar-refractivity contribution in [1.29, 1.82) is 0 Å². The summed E-state index contributed by atoms with van der Waals surface area (Å²) >= 11 is 3.46. The van der Waals surface area contributed by atoms with Crippen LogP contribution in [0.5, 0.6) is 0 Å². The van der Waals surface area contributed by atoms with Gasteiger partial charge in [-0.3, -0.25) is 9.59 Å². The second-order valence-electron chi connectivity index (χ2n) is 5.65. The van der Waals surface area contributed by atoms with Gasteiger partial charge in [-0.15, -0.1) is 0 Å². The Hall–Kier alpha value is -1.82. The van der Waals surface area contributed by atoms with Crippen LogP contribution in [0.25, 0.3) is 10.9 Å². The van der Waals surface area contributed by atoms with E-state index in [1.807, 2.05) is 18.2 Å². The number of amides is 1. The number of hydrogen-bond acceptors (Lipinski definition) is 2. The number of carboxylic acids is 1. The lowest BCUT2D eigenvalue weighted by atomic mass is 10.0. The number of carboxylic acid groups (broad SMARTS) is 1. The van der Waals surface area contributed by atoms with E-state index in [1.165, 1.54) is 0 Å². The molecule has 3 rings (SSSR count). The molecule has 1 aliphatic rings. The van der Waals surface area contributed by atoms with E-state index in [2.05, 4.69) is 15.9 Å². The fourth-order valence-corrected chi connectivity index (χ4v) is 3.49. The molecule has 0 radical (unpaired) electrons. The Kier molecular flexibility index (Phi) is 3.95. The van der Waals surface area contributed by atoms with Gasteiger partial charge < -0.3 is 14.6 Å². The molecule has 2 aromatic rings. The van der Waals surface area contributed by atoms with Gasteiger partial charge in [0.2, 0.25) is 0 Å². The first kappa shape index (κ1) is 15.1. The largest absolute Gasteiger partial charge is 0.480 e. The Morgan fingerprint density at radius 2 is 2.14 bits per heavy atom. The predicted octanol–water partition coefficient (Wildman–Crippen LogP) is 2.90. The molecule has 22 heavy (non-hydrogen) atoms. The van der Waals surface area contributed by atoms with Gasteiger partial charge in [0.25, 0.3) is 5.91 Å². The molecule has 1 N–H and O–H groups in total. The molecule has 5 nitrogen and oxygen atoms in total. The molecule has 0 unspecified atom stereocenters. The van der Waals surface area contributed by atoms with Gasteiger partial charge in [-0.05, 0) is 43.0 Å². The highest BCUT2D eigenvalue weighted by atomic mass is 79.9. The molecule has 0 fully saturated rings. The molecule has 1 aromatic carbocycles. The zero-order valence-electron chi connectivity index (χ0n) is 12.3. The maximum Gasteiger partial charge on any atom is 0.323 e. The van der Waals surface area contributed by atoms with E-state index in [-0.39, 0.29) is 12.5 Å². The van der Waals surface area contributed by atoms with Gasteiger partial charge in [-0.2, -0.15) is 0 Å². The Morgan fingerprint density at radius 1 is 1.36 bits per heavy atom. The Bertz CT molecular complexity index is 766. The first-order valence-corrected chi connectivity index (χ1v) is 8.06. The first-order valence-electron chi connectivity index (χ1n) is 7.27. The van der Waals surface area contributed by atoms with Crippen molar-refractivity contribution in [2.45, 2.75) is 25.8 Å². The van der Waals surface area contributed by atoms with Crippen LogP contribution in [0.1, 0.15) is 28.9 Å². The van der Waals surface area contributed by atoms with Crippen molar-refractivity contribution < 1.29 is 14.7 Å². The molecule has 1 aromatic heterocycles. The molecule has 0 bridgehead atoms. The van der Waals surface area contributed by atoms with E-state index in [0.29, 0.717) is 12.2 Å². The van der Waals surface area contributed by atoms with Crippen LogP contribution in [0.15, 0.2) is 22.7 Å². The van der Waals surface area contributed by atoms with Crippen LogP contribution in [-0.4, -0.2) is 40.0 Å². The van der Waals surface area contributed by atoms with Gasteiger partial charge in [0, 0.05) is 29.0 Å². The van der Waals surface area contributed by atoms with Crippen LogP contribution in [0.2, 0.25) is 0 Å². The monoisotopic (exact) mass is 364 g/mol. The van der Waals surface area contributed by atoms with E-state index in [4.69, 9.17) is 0 Å². The van der Waals surface area contributed by atoms with Gasteiger partial charge in [0.05, 0.1) is 0 Å². The van der Waals surface area contributed by atoms with Crippen LogP contribution in [0, 0.1) is 0 Å². The molecule has 116 valence electrons. The lowest BCUT2D eigenvalue weighted by Crippen LogP contribution is -2.32. The lowest BCUT2D eigenvalue weighted by molar-refractivity contribution is -0.137. The molecular formula is C16H17BrN2O3. The van der Waals surface area contributed by atoms with Crippen LogP contribution >= 0.6 is 15.9 Å². The predicted molar refractivity (Wildman–Crippen MR) is 87.2 cm³/mol. The van der Waals surface area contributed by atoms with E-state index >= 15 is 0 Å². The van der Waals surface area contributed by atoms with E-state index in [0.717, 1.165) is 40.2 Å². The SMILES string of the molecule is CN1CCCCc2c(n(CC(=O)O)c3ccc(Br)cc23)C1=O. The number of benzene rings is 1. The number of rotatable bonds is 2. The first-order chi connectivity index (χ1) is 10.5. The van der Waals surface area contributed by atoms with Crippen LogP contribution < -0.4 is 0 Å². The van der Waals surface area contributed by atoms with Gasteiger partial charge in [0.1, 0.15) is 12.2 Å². The normalized spacial score (nSPS) is 15.5. The minimum absolute atomic E-state index is 0.0942. The highest BCUT2D eigenvalue weighted by Crippen LogP contribution is 2.32. The van der Waals surface area contributed by atoms with Gasteiger partial charge in [0.15, 0.2) is 0 Å². The summed E-state index contributed by atoms with van der Waals surface area (Å²) in [6, 6.07) is 5.73. The summed E-state index contributed by atoms with van der Waals surface area (Å²) in [5, 5.41) is 10.2. The number of carbonyl (C=O) groups is 2. The minimum atomic E-state index is -0.944. The number of aliphatic carboxylic acids is 1. The molecule has 0 aliphatic carbocycles. The van der Waals surface area contributed by atoms with Crippen molar-refractivity contribution in [3.05, 3.63) is 33.9 Å². The fraction of sp³-hybridized carbons (Fsp3) is 0.375. The lowest BCUT2D eigenvalue weighted by Gasteiger charge is -2.21. The minimum Gasteiger partial charge on any atom is -0.480 e. The average Bonchev–Trinajstić information content (AvgIpc) is 2.73. The summed E-state index contributed by atoms with van der Waals surface area (Å²) < 4.78 is 2.57. The number of aromatic nitrogens is 1. The number of halogens is 1. The fourth-order valence-electron chi connectivity index (χ4n) is 3.13. The zero-order chi connectivity index (χ0) is 15.9. The van der Waals surface area contributed by atoms with Crippen molar-refractivity contribution in [1.82, 2.24) is 9.47 Å². The van der Waals surface area contributed by atoms with Crippen LogP contribution in [-0.2, 0) is 17.8 Å². The summed E-state index contributed by atoms with van der Waals surface area (Å²) in [7, 11) is 1.77. The smallest absolute Gasteiger partial charge is 0.323 e. The van der Waals surface area contributed by atoms with Crippen molar-refractivity contribution in [2.24, 2.45) is 0 Å². The zero-order valence-corrected chi connectivity index (χ0v) is 13.9. The maximum atomic E-state index is 12.7. The molecule has 0 spiro atoms. The van der Waals surface area contributed by atoms with Crippen molar-refractivity contribution >= 4 is 38.7 Å². The molecule has 0 saturated heterocycles. The second-order valence-corrected chi connectivity index (χ2v) is 6.57. The number of nitrogens with zero attached hydrogens (tertiary/aromatic N) is 2. The molecule has 2 heterocycles. The molecule has 1 aliphatic heterocycles. The third-order valence-corrected chi connectivity index (χ3v) is 4.64. The maximum absolute atomic E-state index is 12.7. The topological polar surface area (TPSA) is 62.5 Å². The van der Waals surface area contributed by atoms with Crippen molar-refractivity contribution in [3.8, 4) is 0 Å². The number of fused-ring (bicyclic) bond motifs is 3. The number of aryl methyl sites for hydroxylation is 1. The van der Waals surface area contributed by atoms with E-state index in [1.54, 1.807) is 16.5 Å². The van der Waals surface area contributed by atoms with Crippen LogP contribution in [0.4, 0.5) is 0 Å². The van der Waals surface area contributed by atoms with Gasteiger partial charge in [-0.25, -0.2) is 0 Å². The van der Waals surface area contributed by atoms with Crippen LogP contribution in [0.3, 0.4) is 0 Å². The average molecular weight is 365 g/mol. The third kappa shape index (κ3) is 2.52. The summed E-state index contributed by atoms with van der Waals surface area (Å²) in [5.74, 6) is -1.04. The molecule has 1 amide bonds. The Morgan fingerprint density at radius 3 is 2.86 bits per heavy atom. The van der Waals surface area contributed by atoms with Crippen molar-refractivity contribution in [3.63, 3.8) is 0 Å². The van der Waals surface area contributed by atoms with Gasteiger partial charge in [-0.1, -0.05) is 15.9 Å². The summed E-state index contributed by atoms with van der Waals surface area (Å²) in [4.78, 5) is 25.7. The van der Waals surface area contributed by atoms with E-state index in [9.17, 15) is 14.7 Å². The van der Waals surface area contributed by atoms with Crippen molar-refractivity contribution in [2.75, 3.05) is 13.6 Å². The molecule has 0 atom stereocenters. The second kappa shape index (κ2) is 5.76. The summed E-state index contributed by atoms with van der Waals surface area (Å²) in [6.45, 7) is 0.504. The summed E-state index contributed by atoms with van der Waals surface area (Å²) in [5.41, 5.74) is 2.30. The molecule has 0 saturated carbocycles. The quantitative estimate of drug-likeness (QED) is 0.890. The van der Waals surface area contributed by atoms with Gasteiger partial charge >= 0.3 is 5.97 Å². The highest BCUT2D eigenvalue weighted by Gasteiger charge is 2.27. The number of hydrogen-bond donors (Lipinski definition) is 1. The third-order valence-electron chi connectivity index (χ3n) is 4.14. The Labute approximate surface area is 136 Å². The molecule has 6 heteroatoms. The number of carbonyl (C=O) groups excluding carboxylic acids is 1. The molecular weight excluding hydrogens is 348 g/mol.